The van der Waals surface area contributed by atoms with Crippen LogP contribution in [-0.2, 0) is 9.53 Å². The summed E-state index contributed by atoms with van der Waals surface area (Å²) in [6, 6.07) is 15.4. The predicted octanol–water partition coefficient (Wildman–Crippen LogP) is 5.32. The van der Waals surface area contributed by atoms with Gasteiger partial charge in [0.15, 0.2) is 23.0 Å². The van der Waals surface area contributed by atoms with Gasteiger partial charge in [0.05, 0.1) is 32.8 Å². The predicted molar refractivity (Wildman–Crippen MR) is 181 cm³/mol. The Morgan fingerprint density at radius 3 is 2.16 bits per heavy atom. The van der Waals surface area contributed by atoms with Crippen molar-refractivity contribution < 1.29 is 38.4 Å². The molecule has 3 aromatic rings. The van der Waals surface area contributed by atoms with Crippen molar-refractivity contribution in [2.45, 2.75) is 50.1 Å². The highest BCUT2D eigenvalue weighted by atomic mass is 16.7. The van der Waals surface area contributed by atoms with E-state index in [1.165, 1.54) is 46.6 Å². The van der Waals surface area contributed by atoms with Gasteiger partial charge in [-0.2, -0.15) is 0 Å². The Kier molecular flexibility index (Phi) is 8.39. The van der Waals surface area contributed by atoms with Gasteiger partial charge in [-0.15, -0.1) is 0 Å². The summed E-state index contributed by atoms with van der Waals surface area (Å²) in [5, 5.41) is 14.3. The molecule has 3 fully saturated rings. The highest BCUT2D eigenvalue weighted by Crippen LogP contribution is 2.56. The highest BCUT2D eigenvalue weighted by molar-refractivity contribution is 5.94. The summed E-state index contributed by atoms with van der Waals surface area (Å²) in [7, 11) is 2.96. The molecule has 4 aliphatic heterocycles. The zero-order valence-corrected chi connectivity index (χ0v) is 28.0. The van der Waals surface area contributed by atoms with Crippen molar-refractivity contribution in [3.8, 4) is 28.7 Å². The van der Waals surface area contributed by atoms with Crippen LogP contribution in [0.5, 0.6) is 28.7 Å². The molecule has 11 heteroatoms. The van der Waals surface area contributed by atoms with E-state index in [1.807, 2.05) is 41.3 Å². The number of aromatic hydroxyl groups is 1. The first-order valence-electron chi connectivity index (χ1n) is 17.4. The summed E-state index contributed by atoms with van der Waals surface area (Å²) in [6.45, 7) is 4.29. The Morgan fingerprint density at radius 2 is 1.51 bits per heavy atom. The molecule has 0 spiro atoms. The first-order valence-corrected chi connectivity index (χ1v) is 17.4. The molecule has 2 N–H and O–H groups in total. The lowest BCUT2D eigenvalue weighted by atomic mass is 9.65. The minimum Gasteiger partial charge on any atom is -0.502 e. The number of esters is 1. The smallest absolute Gasteiger partial charge is 0.310 e. The Morgan fingerprint density at radius 1 is 0.857 bits per heavy atom. The molecule has 49 heavy (non-hydrogen) atoms. The molecule has 258 valence electrons. The van der Waals surface area contributed by atoms with E-state index >= 15 is 0 Å². The monoisotopic (exact) mass is 669 g/mol. The van der Waals surface area contributed by atoms with Crippen molar-refractivity contribution in [1.82, 2.24) is 9.80 Å². The number of likely N-dealkylation sites (tertiary alicyclic amines) is 2. The van der Waals surface area contributed by atoms with Crippen LogP contribution < -0.4 is 24.3 Å². The number of nitrogens with one attached hydrogen (secondary N) is 1. The number of phenolic OH excluding ortho intramolecular Hbond substituents is 1. The van der Waals surface area contributed by atoms with E-state index in [0.29, 0.717) is 23.1 Å². The van der Waals surface area contributed by atoms with Crippen LogP contribution in [0.1, 0.15) is 71.1 Å². The number of rotatable bonds is 7. The highest BCUT2D eigenvalue weighted by Gasteiger charge is 2.52. The molecule has 0 unspecified atom stereocenters. The van der Waals surface area contributed by atoms with Gasteiger partial charge in [0.25, 0.3) is 5.91 Å². The molecule has 0 aromatic heterocycles. The van der Waals surface area contributed by atoms with E-state index in [9.17, 15) is 14.7 Å². The first kappa shape index (κ1) is 31.6. The van der Waals surface area contributed by atoms with Gasteiger partial charge in [-0.25, -0.2) is 0 Å². The van der Waals surface area contributed by atoms with Gasteiger partial charge in [-0.1, -0.05) is 6.42 Å². The average molecular weight is 670 g/mol. The van der Waals surface area contributed by atoms with Crippen molar-refractivity contribution >= 4 is 17.6 Å². The van der Waals surface area contributed by atoms with Crippen LogP contribution in [0.4, 0.5) is 5.69 Å². The minimum absolute atomic E-state index is 0.0665. The molecule has 8 rings (SSSR count). The summed E-state index contributed by atoms with van der Waals surface area (Å²) in [5.41, 5.74) is 4.09. The van der Waals surface area contributed by atoms with Crippen LogP contribution in [0.25, 0.3) is 0 Å². The number of anilines is 1. The van der Waals surface area contributed by atoms with Crippen molar-refractivity contribution in [2.24, 2.45) is 11.8 Å². The number of carbonyl (C=O) groups excluding carboxylic acids is 2. The molecule has 5 aliphatic rings. The molecule has 0 bridgehead atoms. The number of amides is 1. The summed E-state index contributed by atoms with van der Waals surface area (Å²) < 4.78 is 28.3. The number of fused-ring (bicyclic) bond motifs is 3. The van der Waals surface area contributed by atoms with Crippen molar-refractivity contribution in [1.29, 1.82) is 0 Å². The van der Waals surface area contributed by atoms with Crippen molar-refractivity contribution in [3.05, 3.63) is 70.8 Å². The molecule has 0 radical (unpaired) electrons. The third-order valence-electron chi connectivity index (χ3n) is 11.2. The Bertz CT molecular complexity index is 1710. The zero-order valence-electron chi connectivity index (χ0n) is 28.0. The maximum atomic E-state index is 13.5. The lowest BCUT2D eigenvalue weighted by Gasteiger charge is -2.40. The molecule has 4 atom stereocenters. The molecule has 0 saturated carbocycles. The molecule has 1 aliphatic carbocycles. The van der Waals surface area contributed by atoms with Crippen molar-refractivity contribution in [2.75, 3.05) is 59.1 Å². The normalized spacial score (nSPS) is 24.9. The lowest BCUT2D eigenvalue weighted by Crippen LogP contribution is -2.48. The number of benzene rings is 3. The first-order chi connectivity index (χ1) is 23.9. The summed E-state index contributed by atoms with van der Waals surface area (Å²) in [4.78, 5) is 31.6. The second-order valence-corrected chi connectivity index (χ2v) is 13.7. The second kappa shape index (κ2) is 13.0. The molecule has 4 heterocycles. The van der Waals surface area contributed by atoms with Crippen LogP contribution in [0.2, 0.25) is 0 Å². The largest absolute Gasteiger partial charge is 0.502 e. The lowest BCUT2D eigenvalue weighted by molar-refractivity contribution is -0.141. The molecule has 3 aromatic carbocycles. The zero-order chi connectivity index (χ0) is 33.6. The van der Waals surface area contributed by atoms with Gasteiger partial charge in [-0.05, 0) is 104 Å². The Balaban J connectivity index is 1.07. The van der Waals surface area contributed by atoms with E-state index in [4.69, 9.17) is 23.7 Å². The number of nitrogens with zero attached hydrogens (tertiary/aromatic N) is 2. The number of hydrogen-bond donors (Lipinski definition) is 2. The van der Waals surface area contributed by atoms with E-state index in [-0.39, 0.29) is 54.5 Å². The van der Waals surface area contributed by atoms with Gasteiger partial charge in [-0.3, -0.25) is 9.59 Å². The molecular formula is C38H43N3O8. The fourth-order valence-corrected chi connectivity index (χ4v) is 8.63. The number of ether oxygens (including phenoxy) is 5. The maximum absolute atomic E-state index is 13.5. The van der Waals surface area contributed by atoms with E-state index in [1.54, 1.807) is 12.1 Å². The Labute approximate surface area is 286 Å². The second-order valence-electron chi connectivity index (χ2n) is 13.7. The molecule has 11 nitrogen and oxygen atoms in total. The number of methoxy groups -OCH3 is 2. The van der Waals surface area contributed by atoms with Gasteiger partial charge in [0.2, 0.25) is 12.5 Å². The molecule has 3 saturated heterocycles. The summed E-state index contributed by atoms with van der Waals surface area (Å²) in [6.07, 6.45) is 5.95. The fraction of sp³-hybridized carbons (Fsp3) is 0.474. The van der Waals surface area contributed by atoms with Gasteiger partial charge < -0.3 is 43.9 Å². The van der Waals surface area contributed by atoms with E-state index in [2.05, 4.69) is 10.2 Å². The quantitative estimate of drug-likeness (QED) is 0.320. The van der Waals surface area contributed by atoms with Crippen LogP contribution in [0.15, 0.2) is 48.5 Å². The van der Waals surface area contributed by atoms with Crippen LogP contribution in [0, 0.1) is 11.8 Å². The van der Waals surface area contributed by atoms with Gasteiger partial charge >= 0.3 is 5.97 Å². The summed E-state index contributed by atoms with van der Waals surface area (Å²) >= 11 is 0. The van der Waals surface area contributed by atoms with Crippen LogP contribution in [0.3, 0.4) is 0 Å². The topological polar surface area (TPSA) is 119 Å². The average Bonchev–Trinajstić information content (AvgIpc) is 3.77. The van der Waals surface area contributed by atoms with E-state index < -0.39 is 11.8 Å². The molecular weight excluding hydrogens is 626 g/mol. The van der Waals surface area contributed by atoms with Crippen molar-refractivity contribution in [3.63, 3.8) is 0 Å². The standard InChI is InChI=1S/C38H43N3O8/c1-45-31-16-23(17-32(46-2)36(31)42)33-26-18-29-30(49-21-48-29)19-27(26)35(28-20-47-38(44)34(28)33)39-24-8-6-22(7-9-24)37(43)41-14-10-25(11-15-41)40-12-4-3-5-13-40/h6-9,16-19,25,28,33-35,39,42H,3-5,10-15,20-21H2,1-2H3/t28-,33+,34-,35+/m0/s1. The number of hydrogen-bond acceptors (Lipinski definition) is 10. The number of carbonyl (C=O) groups is 2. The maximum Gasteiger partial charge on any atom is 0.310 e. The number of piperidine rings is 2. The van der Waals surface area contributed by atoms with Crippen LogP contribution in [-0.4, -0.2) is 86.6 Å². The number of cyclic esters (lactones) is 1. The fourth-order valence-electron chi connectivity index (χ4n) is 8.63. The van der Waals surface area contributed by atoms with Gasteiger partial charge in [0, 0.05) is 42.2 Å². The third-order valence-corrected chi connectivity index (χ3v) is 11.2. The number of phenols is 1. The minimum atomic E-state index is -0.530. The summed E-state index contributed by atoms with van der Waals surface area (Å²) in [5.74, 6) is 0.234. The third kappa shape index (κ3) is 5.67. The van der Waals surface area contributed by atoms with Crippen LogP contribution >= 0.6 is 0 Å². The SMILES string of the molecule is COc1cc([C@@H]2c3cc4c(cc3[C@@H](Nc3ccc(C(=O)N5CCC(N6CCCCC6)CC5)cc3)[C@H]3COC(=O)[C@H]23)OCO4)cc(OC)c1O. The Hall–Kier alpha value is -4.64. The van der Waals surface area contributed by atoms with E-state index in [0.717, 1.165) is 48.3 Å². The molecule has 1 amide bonds. The van der Waals surface area contributed by atoms with Gasteiger partial charge in [0.1, 0.15) is 0 Å².